The molecule has 92 valence electrons. The van der Waals surface area contributed by atoms with Crippen LogP contribution in [0.15, 0.2) is 18.2 Å². The molecule has 7 heteroatoms. The second kappa shape index (κ2) is 5.78. The molecule has 1 N–H and O–H groups in total. The van der Waals surface area contributed by atoms with E-state index in [9.17, 15) is 19.3 Å². The summed E-state index contributed by atoms with van der Waals surface area (Å²) in [5.74, 6) is -1.35. The fourth-order valence-electron chi connectivity index (χ4n) is 1.15. The van der Waals surface area contributed by atoms with Crippen molar-refractivity contribution in [2.45, 2.75) is 6.92 Å². The number of carbonyl (C=O) groups is 1. The normalized spacial score (nSPS) is 9.76. The molecule has 0 saturated carbocycles. The largest absolute Gasteiger partial charge is 0.477 e. The molecule has 0 fully saturated rings. The van der Waals surface area contributed by atoms with Crippen LogP contribution in [-0.2, 0) is 4.79 Å². The second-order valence-corrected chi connectivity index (χ2v) is 3.11. The molecule has 0 aliphatic heterocycles. The van der Waals surface area contributed by atoms with Gasteiger partial charge in [0.2, 0.25) is 5.75 Å². The lowest BCUT2D eigenvalue weighted by molar-refractivity contribution is -0.385. The van der Waals surface area contributed by atoms with Crippen molar-refractivity contribution < 1.29 is 18.8 Å². The summed E-state index contributed by atoms with van der Waals surface area (Å²) in [7, 11) is 0. The zero-order chi connectivity index (χ0) is 12.8. The minimum absolute atomic E-state index is 0.263. The van der Waals surface area contributed by atoms with Gasteiger partial charge in [-0.15, -0.1) is 0 Å². The minimum atomic E-state index is -0.702. The molecule has 0 aliphatic carbocycles. The predicted octanol–water partition coefficient (Wildman–Crippen LogP) is 1.25. The van der Waals surface area contributed by atoms with E-state index in [0.717, 1.165) is 18.2 Å². The summed E-state index contributed by atoms with van der Waals surface area (Å²) >= 11 is 0. The van der Waals surface area contributed by atoms with Gasteiger partial charge >= 0.3 is 5.69 Å². The quantitative estimate of drug-likeness (QED) is 0.622. The number of halogens is 1. The number of nitrogens with one attached hydrogen (secondary N) is 1. The summed E-state index contributed by atoms with van der Waals surface area (Å²) in [5, 5.41) is 13.1. The van der Waals surface area contributed by atoms with Crippen LogP contribution < -0.4 is 10.1 Å². The Hall–Kier alpha value is -2.18. The van der Waals surface area contributed by atoms with Crippen LogP contribution >= 0.6 is 0 Å². The third-order valence-electron chi connectivity index (χ3n) is 1.85. The minimum Gasteiger partial charge on any atom is -0.477 e. The van der Waals surface area contributed by atoms with Gasteiger partial charge in [0.15, 0.2) is 6.61 Å². The first kappa shape index (κ1) is 12.9. The molecule has 17 heavy (non-hydrogen) atoms. The second-order valence-electron chi connectivity index (χ2n) is 3.11. The SMILES string of the molecule is CCNC(=O)COc1cc(F)ccc1[N+](=O)[O-]. The van der Waals surface area contributed by atoms with Crippen LogP contribution in [0.5, 0.6) is 5.75 Å². The summed E-state index contributed by atoms with van der Waals surface area (Å²) in [5.41, 5.74) is -0.379. The maximum atomic E-state index is 12.9. The maximum Gasteiger partial charge on any atom is 0.311 e. The van der Waals surface area contributed by atoms with Crippen LogP contribution in [0.2, 0.25) is 0 Å². The molecule has 0 radical (unpaired) electrons. The van der Waals surface area contributed by atoms with E-state index in [-0.39, 0.29) is 11.4 Å². The number of benzene rings is 1. The smallest absolute Gasteiger partial charge is 0.311 e. The maximum absolute atomic E-state index is 12.9. The van der Waals surface area contributed by atoms with E-state index in [2.05, 4.69) is 5.32 Å². The topological polar surface area (TPSA) is 81.5 Å². The summed E-state index contributed by atoms with van der Waals surface area (Å²) in [6.07, 6.45) is 0. The van der Waals surface area contributed by atoms with E-state index in [1.165, 1.54) is 0 Å². The van der Waals surface area contributed by atoms with Gasteiger partial charge in [-0.2, -0.15) is 0 Å². The van der Waals surface area contributed by atoms with Crippen molar-refractivity contribution in [3.05, 3.63) is 34.1 Å². The Labute approximate surface area is 96.5 Å². The number of nitro groups is 1. The van der Waals surface area contributed by atoms with E-state index >= 15 is 0 Å². The van der Waals surface area contributed by atoms with E-state index in [1.807, 2.05) is 0 Å². The molecule has 0 heterocycles. The lowest BCUT2D eigenvalue weighted by atomic mass is 10.3. The van der Waals surface area contributed by atoms with Crippen LogP contribution in [0.3, 0.4) is 0 Å². The molecule has 0 bridgehead atoms. The summed E-state index contributed by atoms with van der Waals surface area (Å²) in [4.78, 5) is 21.0. The van der Waals surface area contributed by atoms with Gasteiger partial charge in [0.05, 0.1) is 4.92 Å². The Kier molecular flexibility index (Phi) is 4.38. The highest BCUT2D eigenvalue weighted by atomic mass is 19.1. The van der Waals surface area contributed by atoms with Gasteiger partial charge < -0.3 is 10.1 Å². The van der Waals surface area contributed by atoms with Gasteiger partial charge in [-0.05, 0) is 13.0 Å². The van der Waals surface area contributed by atoms with Crippen molar-refractivity contribution in [3.63, 3.8) is 0 Å². The third-order valence-corrected chi connectivity index (χ3v) is 1.85. The van der Waals surface area contributed by atoms with E-state index < -0.39 is 23.3 Å². The van der Waals surface area contributed by atoms with Gasteiger partial charge in [-0.1, -0.05) is 0 Å². The number of carbonyl (C=O) groups excluding carboxylic acids is 1. The number of ether oxygens (including phenoxy) is 1. The molecule has 1 amide bonds. The number of nitro benzene ring substituents is 1. The van der Waals surface area contributed by atoms with Crippen LogP contribution in [0.4, 0.5) is 10.1 Å². The van der Waals surface area contributed by atoms with Crippen LogP contribution in [0.25, 0.3) is 0 Å². The van der Waals surface area contributed by atoms with E-state index in [0.29, 0.717) is 6.54 Å². The number of amides is 1. The number of likely N-dealkylation sites (N-methyl/N-ethyl adjacent to an activating group) is 1. The van der Waals surface area contributed by atoms with Crippen LogP contribution in [-0.4, -0.2) is 24.0 Å². The molecule has 0 aliphatic rings. The number of nitrogens with zero attached hydrogens (tertiary/aromatic N) is 1. The number of hydrogen-bond acceptors (Lipinski definition) is 4. The fraction of sp³-hybridized carbons (Fsp3) is 0.300. The first-order valence-electron chi connectivity index (χ1n) is 4.88. The van der Waals surface area contributed by atoms with Gasteiger partial charge in [0, 0.05) is 18.7 Å². The first-order chi connectivity index (χ1) is 8.04. The van der Waals surface area contributed by atoms with Gasteiger partial charge in [-0.25, -0.2) is 4.39 Å². The molecule has 6 nitrogen and oxygen atoms in total. The van der Waals surface area contributed by atoms with Crippen molar-refractivity contribution in [2.75, 3.05) is 13.2 Å². The standard InChI is InChI=1S/C10H11FN2O4/c1-2-12-10(14)6-17-9-5-7(11)3-4-8(9)13(15)16/h3-5H,2,6H2,1H3,(H,12,14). The zero-order valence-corrected chi connectivity index (χ0v) is 9.10. The summed E-state index contributed by atoms with van der Waals surface area (Å²) in [6.45, 7) is 1.76. The molecule has 1 aromatic rings. The molecular formula is C10H11FN2O4. The monoisotopic (exact) mass is 242 g/mol. The zero-order valence-electron chi connectivity index (χ0n) is 9.10. The molecule has 0 spiro atoms. The highest BCUT2D eigenvalue weighted by Gasteiger charge is 2.16. The van der Waals surface area contributed by atoms with Crippen molar-refractivity contribution >= 4 is 11.6 Å². The van der Waals surface area contributed by atoms with Gasteiger partial charge in [0.25, 0.3) is 5.91 Å². The Balaban J connectivity index is 2.78. The lowest BCUT2D eigenvalue weighted by Crippen LogP contribution is -2.28. The lowest BCUT2D eigenvalue weighted by Gasteiger charge is -2.06. The molecule has 0 saturated heterocycles. The van der Waals surface area contributed by atoms with Crippen molar-refractivity contribution in [3.8, 4) is 5.75 Å². The van der Waals surface area contributed by atoms with Crippen molar-refractivity contribution in [1.29, 1.82) is 0 Å². The average molecular weight is 242 g/mol. The predicted molar refractivity (Wildman–Crippen MR) is 57.2 cm³/mol. The average Bonchev–Trinajstić information content (AvgIpc) is 2.26. The summed E-state index contributed by atoms with van der Waals surface area (Å²) in [6, 6.07) is 2.82. The van der Waals surface area contributed by atoms with Crippen molar-refractivity contribution in [1.82, 2.24) is 5.32 Å². The molecule has 1 rings (SSSR count). The highest BCUT2D eigenvalue weighted by molar-refractivity contribution is 5.77. The van der Waals surface area contributed by atoms with E-state index in [4.69, 9.17) is 4.74 Å². The Morgan fingerprint density at radius 2 is 2.29 bits per heavy atom. The van der Waals surface area contributed by atoms with Crippen LogP contribution in [0, 0.1) is 15.9 Å². The molecule has 0 unspecified atom stereocenters. The van der Waals surface area contributed by atoms with Crippen LogP contribution in [0.1, 0.15) is 6.92 Å². The van der Waals surface area contributed by atoms with Gasteiger partial charge in [-0.3, -0.25) is 14.9 Å². The highest BCUT2D eigenvalue weighted by Crippen LogP contribution is 2.27. The molecular weight excluding hydrogens is 231 g/mol. The molecule has 1 aromatic carbocycles. The fourth-order valence-corrected chi connectivity index (χ4v) is 1.15. The van der Waals surface area contributed by atoms with Gasteiger partial charge in [0.1, 0.15) is 5.82 Å². The van der Waals surface area contributed by atoms with Crippen molar-refractivity contribution in [2.24, 2.45) is 0 Å². The Morgan fingerprint density at radius 3 is 2.88 bits per heavy atom. The molecule has 0 atom stereocenters. The Morgan fingerprint density at radius 1 is 1.59 bits per heavy atom. The Bertz CT molecular complexity index is 436. The molecule has 0 aromatic heterocycles. The van der Waals surface area contributed by atoms with E-state index in [1.54, 1.807) is 6.92 Å². The first-order valence-corrected chi connectivity index (χ1v) is 4.88. The third kappa shape index (κ3) is 3.71. The number of rotatable bonds is 5. The summed E-state index contributed by atoms with van der Waals surface area (Å²) < 4.78 is 17.8. The number of hydrogen-bond donors (Lipinski definition) is 1.